The van der Waals surface area contributed by atoms with Crippen molar-refractivity contribution in [1.82, 2.24) is 5.32 Å². The molecule has 0 amide bonds. The molecule has 84 valence electrons. The van der Waals surface area contributed by atoms with Gasteiger partial charge in [0.25, 0.3) is 0 Å². The zero-order valence-electron chi connectivity index (χ0n) is 9.11. The van der Waals surface area contributed by atoms with Crippen LogP contribution in [0, 0.1) is 0 Å². The van der Waals surface area contributed by atoms with Crippen LogP contribution in [0.2, 0.25) is 0 Å². The summed E-state index contributed by atoms with van der Waals surface area (Å²) in [6, 6.07) is 13.1. The zero-order chi connectivity index (χ0) is 11.4. The molecule has 0 aliphatic rings. The van der Waals surface area contributed by atoms with E-state index in [2.05, 4.69) is 69.9 Å². The van der Waals surface area contributed by atoms with E-state index in [0.29, 0.717) is 6.04 Å². The second-order valence-corrected chi connectivity index (χ2v) is 5.45. The lowest BCUT2D eigenvalue weighted by molar-refractivity contribution is 0.639. The number of halogens is 1. The second kappa shape index (κ2) is 5.62. The minimum Gasteiger partial charge on any atom is -0.306 e. The highest BCUT2D eigenvalue weighted by atomic mass is 79.9. The van der Waals surface area contributed by atoms with Crippen molar-refractivity contribution in [3.8, 4) is 0 Å². The molecule has 0 aliphatic heterocycles. The van der Waals surface area contributed by atoms with E-state index in [4.69, 9.17) is 0 Å². The van der Waals surface area contributed by atoms with E-state index in [1.54, 1.807) is 11.3 Å². The third-order valence-corrected chi connectivity index (χ3v) is 3.91. The van der Waals surface area contributed by atoms with Gasteiger partial charge >= 0.3 is 0 Å². The lowest BCUT2D eigenvalue weighted by Crippen LogP contribution is -2.20. The van der Waals surface area contributed by atoms with Gasteiger partial charge in [0.15, 0.2) is 0 Å². The fourth-order valence-corrected chi connectivity index (χ4v) is 2.79. The van der Waals surface area contributed by atoms with Crippen molar-refractivity contribution in [1.29, 1.82) is 0 Å². The van der Waals surface area contributed by atoms with Crippen molar-refractivity contribution in [2.24, 2.45) is 0 Å². The highest BCUT2D eigenvalue weighted by Crippen LogP contribution is 2.26. The largest absolute Gasteiger partial charge is 0.306 e. The molecule has 0 saturated heterocycles. The molecule has 1 N–H and O–H groups in total. The summed E-state index contributed by atoms with van der Waals surface area (Å²) in [5, 5.41) is 5.64. The quantitative estimate of drug-likeness (QED) is 0.891. The summed E-state index contributed by atoms with van der Waals surface area (Å²) in [4.78, 5) is 1.36. The van der Waals surface area contributed by atoms with E-state index in [9.17, 15) is 0 Å². The zero-order valence-corrected chi connectivity index (χ0v) is 11.5. The van der Waals surface area contributed by atoms with E-state index in [1.165, 1.54) is 10.4 Å². The third kappa shape index (κ3) is 2.73. The fraction of sp³-hybridized carbons (Fsp3) is 0.231. The molecule has 1 aromatic heterocycles. The van der Waals surface area contributed by atoms with Crippen molar-refractivity contribution >= 4 is 27.3 Å². The van der Waals surface area contributed by atoms with Crippen molar-refractivity contribution in [2.75, 3.05) is 6.54 Å². The van der Waals surface area contributed by atoms with Crippen molar-refractivity contribution in [3.63, 3.8) is 0 Å². The molecule has 1 aromatic carbocycles. The second-order valence-electron chi connectivity index (χ2n) is 3.56. The average molecular weight is 296 g/mol. The van der Waals surface area contributed by atoms with Crippen molar-refractivity contribution < 1.29 is 0 Å². The lowest BCUT2D eigenvalue weighted by Gasteiger charge is -2.16. The molecule has 0 fully saturated rings. The predicted molar refractivity (Wildman–Crippen MR) is 74.0 cm³/mol. The minimum atomic E-state index is 0.318. The van der Waals surface area contributed by atoms with Crippen LogP contribution in [0.1, 0.15) is 23.4 Å². The SMILES string of the molecule is CCNC(c1ccc(Br)cc1)c1cccs1. The smallest absolute Gasteiger partial charge is 0.0670 e. The van der Waals surface area contributed by atoms with Gasteiger partial charge in [-0.05, 0) is 35.7 Å². The summed E-state index contributed by atoms with van der Waals surface area (Å²) in [6.07, 6.45) is 0. The molecule has 2 rings (SSSR count). The van der Waals surface area contributed by atoms with Crippen LogP contribution < -0.4 is 5.32 Å². The standard InChI is InChI=1S/C13H14BrNS/c1-2-15-13(12-4-3-9-16-12)10-5-7-11(14)8-6-10/h3-9,13,15H,2H2,1H3. The summed E-state index contributed by atoms with van der Waals surface area (Å²) in [6.45, 7) is 3.11. The molecule has 3 heteroatoms. The number of hydrogen-bond donors (Lipinski definition) is 1. The number of thiophene rings is 1. The van der Waals surface area contributed by atoms with Crippen LogP contribution in [0.25, 0.3) is 0 Å². The van der Waals surface area contributed by atoms with E-state index < -0.39 is 0 Å². The van der Waals surface area contributed by atoms with Crippen LogP contribution in [0.4, 0.5) is 0 Å². The highest BCUT2D eigenvalue weighted by molar-refractivity contribution is 9.10. The van der Waals surface area contributed by atoms with Gasteiger partial charge < -0.3 is 5.32 Å². The van der Waals surface area contributed by atoms with Gasteiger partial charge in [-0.1, -0.05) is 41.1 Å². The van der Waals surface area contributed by atoms with Gasteiger partial charge in [0.1, 0.15) is 0 Å². The first-order chi connectivity index (χ1) is 7.81. The number of hydrogen-bond acceptors (Lipinski definition) is 2. The first kappa shape index (κ1) is 11.8. The topological polar surface area (TPSA) is 12.0 Å². The Hall–Kier alpha value is -0.640. The molecule has 0 bridgehead atoms. The Morgan fingerprint density at radius 1 is 1.25 bits per heavy atom. The number of benzene rings is 1. The molecule has 1 heterocycles. The summed E-state index contributed by atoms with van der Waals surface area (Å²) in [7, 11) is 0. The monoisotopic (exact) mass is 295 g/mol. The molecule has 0 saturated carbocycles. The molecule has 0 spiro atoms. The molecule has 2 aromatic rings. The molecule has 1 unspecified atom stereocenters. The summed E-state index contributed by atoms with van der Waals surface area (Å²) in [5.74, 6) is 0. The molecular formula is C13H14BrNS. The fourth-order valence-electron chi connectivity index (χ4n) is 1.70. The molecule has 0 aliphatic carbocycles. The van der Waals surface area contributed by atoms with Crippen LogP contribution in [-0.2, 0) is 0 Å². The molecule has 0 radical (unpaired) electrons. The van der Waals surface area contributed by atoms with Gasteiger partial charge in [-0.15, -0.1) is 11.3 Å². The van der Waals surface area contributed by atoms with Crippen LogP contribution in [0.5, 0.6) is 0 Å². The van der Waals surface area contributed by atoms with E-state index in [-0.39, 0.29) is 0 Å². The van der Waals surface area contributed by atoms with Crippen LogP contribution in [-0.4, -0.2) is 6.54 Å². The maximum absolute atomic E-state index is 3.52. The van der Waals surface area contributed by atoms with E-state index >= 15 is 0 Å². The Morgan fingerprint density at radius 2 is 2.00 bits per heavy atom. The van der Waals surface area contributed by atoms with Crippen molar-refractivity contribution in [2.45, 2.75) is 13.0 Å². The third-order valence-electron chi connectivity index (χ3n) is 2.44. The maximum Gasteiger partial charge on any atom is 0.0670 e. The van der Waals surface area contributed by atoms with Gasteiger partial charge in [-0.2, -0.15) is 0 Å². The molecule has 1 nitrogen and oxygen atoms in total. The van der Waals surface area contributed by atoms with Gasteiger partial charge in [0.2, 0.25) is 0 Å². The molecule has 1 atom stereocenters. The summed E-state index contributed by atoms with van der Waals surface area (Å²) < 4.78 is 1.12. The minimum absolute atomic E-state index is 0.318. The van der Waals surface area contributed by atoms with Gasteiger partial charge in [-0.3, -0.25) is 0 Å². The van der Waals surface area contributed by atoms with E-state index in [1.807, 2.05) is 0 Å². The maximum atomic E-state index is 3.52. The van der Waals surface area contributed by atoms with Gasteiger partial charge in [0.05, 0.1) is 6.04 Å². The summed E-state index contributed by atoms with van der Waals surface area (Å²) >= 11 is 5.26. The van der Waals surface area contributed by atoms with Gasteiger partial charge in [0, 0.05) is 9.35 Å². The number of rotatable bonds is 4. The van der Waals surface area contributed by atoms with Crippen molar-refractivity contribution in [3.05, 3.63) is 56.7 Å². The normalized spacial score (nSPS) is 12.6. The average Bonchev–Trinajstić information content (AvgIpc) is 2.81. The lowest BCUT2D eigenvalue weighted by atomic mass is 10.1. The first-order valence-electron chi connectivity index (χ1n) is 5.33. The molecular weight excluding hydrogens is 282 g/mol. The van der Waals surface area contributed by atoms with Crippen LogP contribution >= 0.6 is 27.3 Å². The number of nitrogens with one attached hydrogen (secondary N) is 1. The predicted octanol–water partition coefficient (Wildman–Crippen LogP) is 4.21. The Bertz CT molecular complexity index is 422. The Morgan fingerprint density at radius 3 is 2.56 bits per heavy atom. The summed E-state index contributed by atoms with van der Waals surface area (Å²) in [5.41, 5.74) is 1.31. The molecule has 16 heavy (non-hydrogen) atoms. The van der Waals surface area contributed by atoms with Crippen LogP contribution in [0.3, 0.4) is 0 Å². The Kier molecular flexibility index (Phi) is 4.16. The Labute approximate surface area is 109 Å². The van der Waals surface area contributed by atoms with Gasteiger partial charge in [-0.25, -0.2) is 0 Å². The first-order valence-corrected chi connectivity index (χ1v) is 7.00. The van der Waals surface area contributed by atoms with Crippen LogP contribution in [0.15, 0.2) is 46.3 Å². The Balaban J connectivity index is 2.29. The van der Waals surface area contributed by atoms with E-state index in [0.717, 1.165) is 11.0 Å². The highest BCUT2D eigenvalue weighted by Gasteiger charge is 2.13.